The summed E-state index contributed by atoms with van der Waals surface area (Å²) < 4.78 is 13.7. The van der Waals surface area contributed by atoms with Crippen LogP contribution < -0.4 is 0 Å². The fourth-order valence-corrected chi connectivity index (χ4v) is 3.69. The van der Waals surface area contributed by atoms with Crippen molar-refractivity contribution in [1.29, 1.82) is 0 Å². The summed E-state index contributed by atoms with van der Waals surface area (Å²) in [5.41, 5.74) is 1.07. The maximum atomic E-state index is 12.4. The third kappa shape index (κ3) is 3.15. The highest BCUT2D eigenvalue weighted by Gasteiger charge is 2.39. The van der Waals surface area contributed by atoms with Gasteiger partial charge in [-0.15, -0.1) is 0 Å². The van der Waals surface area contributed by atoms with E-state index in [1.807, 2.05) is 21.7 Å². The van der Waals surface area contributed by atoms with E-state index in [1.54, 1.807) is 22.3 Å². The quantitative estimate of drug-likeness (QED) is 0.828. The number of hydrogen-bond donors (Lipinski definition) is 0. The number of carbonyl (C=O) groups excluding carboxylic acids is 1. The maximum absolute atomic E-state index is 12.4. The van der Waals surface area contributed by atoms with Gasteiger partial charge in [-0.25, -0.2) is 9.67 Å². The summed E-state index contributed by atoms with van der Waals surface area (Å²) in [5, 5.41) is 8.15. The van der Waals surface area contributed by atoms with Crippen molar-refractivity contribution in [1.82, 2.24) is 19.7 Å². The Morgan fingerprint density at radius 3 is 2.70 bits per heavy atom. The Bertz CT molecular complexity index is 630. The molecule has 7 nitrogen and oxygen atoms in total. The Labute approximate surface area is 137 Å². The number of aromatic nitrogens is 3. The van der Waals surface area contributed by atoms with Crippen molar-refractivity contribution in [3.63, 3.8) is 0 Å². The molecular weight excluding hydrogens is 316 g/mol. The van der Waals surface area contributed by atoms with Crippen molar-refractivity contribution in [2.24, 2.45) is 0 Å². The van der Waals surface area contributed by atoms with Gasteiger partial charge in [-0.1, -0.05) is 0 Å². The average Bonchev–Trinajstić information content (AvgIpc) is 3.28. The monoisotopic (exact) mass is 334 g/mol. The molecular formula is C15H18N4O3S. The first-order valence-corrected chi connectivity index (χ1v) is 8.60. The molecule has 0 radical (unpaired) electrons. The number of amides is 1. The average molecular weight is 334 g/mol. The lowest BCUT2D eigenvalue weighted by atomic mass is 10.2. The molecule has 1 amide bonds. The number of ether oxygens (including phenoxy) is 2. The predicted octanol–water partition coefficient (Wildman–Crippen LogP) is 0.750. The molecule has 0 spiro atoms. The summed E-state index contributed by atoms with van der Waals surface area (Å²) in [6.45, 7) is 2.24. The first-order chi connectivity index (χ1) is 11.3. The van der Waals surface area contributed by atoms with Crippen LogP contribution in [0.3, 0.4) is 0 Å². The topological polar surface area (TPSA) is 69.5 Å². The van der Waals surface area contributed by atoms with E-state index in [-0.39, 0.29) is 24.2 Å². The number of thiophene rings is 1. The largest absolute Gasteiger partial charge is 0.371 e. The number of rotatable bonds is 3. The van der Waals surface area contributed by atoms with E-state index < -0.39 is 0 Å². The van der Waals surface area contributed by atoms with E-state index in [4.69, 9.17) is 9.47 Å². The molecule has 2 fully saturated rings. The molecule has 0 aromatic carbocycles. The molecule has 2 aliphatic heterocycles. The Kier molecular flexibility index (Phi) is 4.11. The third-order valence-corrected chi connectivity index (χ3v) is 5.05. The molecule has 2 atom stereocenters. The minimum atomic E-state index is -0.0602. The Balaban J connectivity index is 1.35. The second-order valence-electron chi connectivity index (χ2n) is 5.88. The van der Waals surface area contributed by atoms with Crippen molar-refractivity contribution in [2.75, 3.05) is 26.3 Å². The molecule has 0 aliphatic carbocycles. The van der Waals surface area contributed by atoms with Crippen molar-refractivity contribution >= 4 is 17.2 Å². The van der Waals surface area contributed by atoms with Gasteiger partial charge in [0.05, 0.1) is 19.6 Å². The molecule has 2 aliphatic rings. The number of likely N-dealkylation sites (tertiary alicyclic amines) is 1. The molecule has 0 bridgehead atoms. The van der Waals surface area contributed by atoms with Gasteiger partial charge in [0.15, 0.2) is 0 Å². The summed E-state index contributed by atoms with van der Waals surface area (Å²) >= 11 is 1.61. The van der Waals surface area contributed by atoms with Crippen LogP contribution >= 0.6 is 11.3 Å². The van der Waals surface area contributed by atoms with Gasteiger partial charge in [-0.05, 0) is 22.4 Å². The number of fused-ring (bicyclic) bond motifs is 1. The van der Waals surface area contributed by atoms with E-state index in [0.717, 1.165) is 5.56 Å². The molecule has 0 N–H and O–H groups in total. The lowest BCUT2D eigenvalue weighted by molar-refractivity contribution is -0.130. The van der Waals surface area contributed by atoms with Gasteiger partial charge < -0.3 is 14.4 Å². The van der Waals surface area contributed by atoms with E-state index >= 15 is 0 Å². The smallest absolute Gasteiger partial charge is 0.227 e. The Morgan fingerprint density at radius 1 is 1.30 bits per heavy atom. The minimum absolute atomic E-state index is 0.0399. The van der Waals surface area contributed by atoms with Crippen LogP contribution in [-0.4, -0.2) is 64.1 Å². The zero-order valence-corrected chi connectivity index (χ0v) is 13.4. The standard InChI is InChI=1S/C15H18N4O3S/c20-15(3-11-1-2-23-8-11)18-4-13-14(5-18)22-7-12(6-21-13)19-10-16-9-17-19/h1-2,8-10,12-14H,3-7H2/t13-,14-/m0/s1. The zero-order chi connectivity index (χ0) is 15.6. The van der Waals surface area contributed by atoms with Crippen LogP contribution in [0, 0.1) is 0 Å². The summed E-state index contributed by atoms with van der Waals surface area (Å²) in [7, 11) is 0. The molecule has 0 unspecified atom stereocenters. The highest BCUT2D eigenvalue weighted by molar-refractivity contribution is 7.07. The highest BCUT2D eigenvalue weighted by atomic mass is 32.1. The van der Waals surface area contributed by atoms with Crippen molar-refractivity contribution in [3.05, 3.63) is 35.0 Å². The SMILES string of the molecule is O=C(Cc1ccsc1)N1C[C@@H]2OCC(n3cncn3)CO[C@H]2C1. The van der Waals surface area contributed by atoms with Crippen LogP contribution in [0.5, 0.6) is 0 Å². The molecule has 4 rings (SSSR count). The van der Waals surface area contributed by atoms with Crippen LogP contribution in [0.25, 0.3) is 0 Å². The van der Waals surface area contributed by atoms with Gasteiger partial charge in [0.1, 0.15) is 30.9 Å². The Morgan fingerprint density at radius 2 is 2.09 bits per heavy atom. The third-order valence-electron chi connectivity index (χ3n) is 4.32. The molecule has 8 heteroatoms. The van der Waals surface area contributed by atoms with Crippen molar-refractivity contribution in [2.45, 2.75) is 24.7 Å². The van der Waals surface area contributed by atoms with Gasteiger partial charge in [0.2, 0.25) is 5.91 Å². The number of hydrogen-bond acceptors (Lipinski definition) is 6. The first kappa shape index (κ1) is 14.8. The van der Waals surface area contributed by atoms with Crippen molar-refractivity contribution < 1.29 is 14.3 Å². The number of carbonyl (C=O) groups is 1. The van der Waals surface area contributed by atoms with E-state index in [9.17, 15) is 4.79 Å². The maximum Gasteiger partial charge on any atom is 0.227 e. The van der Waals surface area contributed by atoms with Crippen LogP contribution in [0.1, 0.15) is 11.6 Å². The summed E-state index contributed by atoms with van der Waals surface area (Å²) in [6.07, 6.45) is 3.51. The summed E-state index contributed by atoms with van der Waals surface area (Å²) in [4.78, 5) is 18.2. The van der Waals surface area contributed by atoms with E-state index in [2.05, 4.69) is 10.1 Å². The summed E-state index contributed by atoms with van der Waals surface area (Å²) in [6, 6.07) is 2.03. The molecule has 122 valence electrons. The lowest BCUT2D eigenvalue weighted by Crippen LogP contribution is -2.32. The number of nitrogens with zero attached hydrogens (tertiary/aromatic N) is 4. The predicted molar refractivity (Wildman–Crippen MR) is 83.1 cm³/mol. The lowest BCUT2D eigenvalue weighted by Gasteiger charge is -2.18. The molecule has 2 aromatic rings. The van der Waals surface area contributed by atoms with Gasteiger partial charge in [0.25, 0.3) is 0 Å². The molecule has 0 saturated carbocycles. The molecule has 2 saturated heterocycles. The van der Waals surface area contributed by atoms with E-state index in [1.165, 1.54) is 6.33 Å². The van der Waals surface area contributed by atoms with Crippen LogP contribution in [-0.2, 0) is 20.7 Å². The second-order valence-corrected chi connectivity index (χ2v) is 6.66. The Hall–Kier alpha value is -1.77. The van der Waals surface area contributed by atoms with Crippen LogP contribution in [0.15, 0.2) is 29.5 Å². The second kappa shape index (κ2) is 6.38. The van der Waals surface area contributed by atoms with Gasteiger partial charge in [0, 0.05) is 13.1 Å². The van der Waals surface area contributed by atoms with E-state index in [0.29, 0.717) is 32.7 Å². The van der Waals surface area contributed by atoms with Crippen LogP contribution in [0.2, 0.25) is 0 Å². The van der Waals surface area contributed by atoms with Crippen molar-refractivity contribution in [3.8, 4) is 0 Å². The van der Waals surface area contributed by atoms with Gasteiger partial charge >= 0.3 is 0 Å². The fraction of sp³-hybridized carbons (Fsp3) is 0.533. The van der Waals surface area contributed by atoms with Crippen LogP contribution in [0.4, 0.5) is 0 Å². The van der Waals surface area contributed by atoms with Gasteiger partial charge in [-0.2, -0.15) is 16.4 Å². The summed E-state index contributed by atoms with van der Waals surface area (Å²) in [5.74, 6) is 0.136. The minimum Gasteiger partial charge on any atom is -0.371 e. The molecule has 23 heavy (non-hydrogen) atoms. The fourth-order valence-electron chi connectivity index (χ4n) is 3.02. The first-order valence-electron chi connectivity index (χ1n) is 7.66. The highest BCUT2D eigenvalue weighted by Crippen LogP contribution is 2.24. The zero-order valence-electron chi connectivity index (χ0n) is 12.6. The normalized spacial score (nSPS) is 25.3. The molecule has 2 aromatic heterocycles. The molecule has 4 heterocycles. The van der Waals surface area contributed by atoms with Gasteiger partial charge in [-0.3, -0.25) is 4.79 Å².